The van der Waals surface area contributed by atoms with Gasteiger partial charge >= 0.3 is 0 Å². The third kappa shape index (κ3) is 7.14. The zero-order chi connectivity index (χ0) is 31.1. The highest BCUT2D eigenvalue weighted by atomic mass is 35.5. The van der Waals surface area contributed by atoms with E-state index < -0.39 is 0 Å². The van der Waals surface area contributed by atoms with Crippen molar-refractivity contribution in [1.82, 2.24) is 25.9 Å². The fourth-order valence-electron chi connectivity index (χ4n) is 5.27. The molecule has 0 aliphatic carbocycles. The lowest BCUT2D eigenvalue weighted by atomic mass is 9.99. The number of rotatable bonds is 13. The summed E-state index contributed by atoms with van der Waals surface area (Å²) < 4.78 is 11.2. The van der Waals surface area contributed by atoms with E-state index in [9.17, 15) is 4.79 Å². The molecule has 0 unspecified atom stereocenters. The largest absolute Gasteiger partial charge is 0.496 e. The minimum absolute atomic E-state index is 0.0617. The number of hydrogen-bond donors (Lipinski definition) is 4. The van der Waals surface area contributed by atoms with E-state index in [1.54, 1.807) is 20.4 Å². The van der Waals surface area contributed by atoms with Gasteiger partial charge < -0.3 is 30.5 Å². The highest BCUT2D eigenvalue weighted by Crippen LogP contribution is 2.42. The molecule has 2 aromatic carbocycles. The summed E-state index contributed by atoms with van der Waals surface area (Å²) in [7, 11) is 3.21. The number of carbonyl (C=O) groups excluding carboxylic acids is 1. The van der Waals surface area contributed by atoms with E-state index in [4.69, 9.17) is 42.8 Å². The Labute approximate surface area is 266 Å². The molecule has 9 nitrogen and oxygen atoms in total. The van der Waals surface area contributed by atoms with Gasteiger partial charge in [0.2, 0.25) is 11.8 Å². The lowest BCUT2D eigenvalue weighted by Crippen LogP contribution is -2.35. The summed E-state index contributed by atoms with van der Waals surface area (Å²) in [6.07, 6.45) is 3.12. The molecule has 4 aromatic rings. The molecule has 1 aliphatic rings. The normalized spacial score (nSPS) is 14.5. The molecular weight excluding hydrogens is 601 g/mol. The van der Waals surface area contributed by atoms with Gasteiger partial charge in [0, 0.05) is 78.2 Å². The standard InChI is InChI=1S/C33H35Cl2N5O4/c1-43-28-16-20(6-7-21(28)17-36-14-15-41)32-31(35)25(12-13-38-32)24-4-3-5-26(30(24)34)27-10-8-22(33(40-27)44-2)18-37-19-23-9-11-29(42)39-23/h3-8,10,12-13,16,23,36-37,41H,9,11,14-15,17-19H2,1-2H3,(H,39,42)/t23-/m1/s1. The fourth-order valence-corrected chi connectivity index (χ4v) is 5.92. The first-order chi connectivity index (χ1) is 21.4. The van der Waals surface area contributed by atoms with Crippen LogP contribution in [0.5, 0.6) is 11.6 Å². The Bertz CT molecular complexity index is 1630. The summed E-state index contributed by atoms with van der Waals surface area (Å²) in [6.45, 7) is 2.34. The minimum Gasteiger partial charge on any atom is -0.496 e. The second kappa shape index (κ2) is 14.8. The Kier molecular flexibility index (Phi) is 10.7. The Hall–Kier alpha value is -3.73. The number of aliphatic hydroxyl groups excluding tert-OH is 1. The molecule has 44 heavy (non-hydrogen) atoms. The summed E-state index contributed by atoms with van der Waals surface area (Å²) in [4.78, 5) is 20.8. The lowest BCUT2D eigenvalue weighted by Gasteiger charge is -2.16. The average molecular weight is 637 g/mol. The van der Waals surface area contributed by atoms with Crippen molar-refractivity contribution < 1.29 is 19.4 Å². The number of halogens is 2. The van der Waals surface area contributed by atoms with E-state index in [0.29, 0.717) is 65.7 Å². The number of methoxy groups -OCH3 is 2. The number of hydrogen-bond acceptors (Lipinski definition) is 8. The van der Waals surface area contributed by atoms with E-state index >= 15 is 0 Å². The van der Waals surface area contributed by atoms with Gasteiger partial charge in [0.15, 0.2) is 0 Å². The number of amides is 1. The summed E-state index contributed by atoms with van der Waals surface area (Å²) in [5.41, 5.74) is 6.17. The first-order valence-electron chi connectivity index (χ1n) is 14.4. The molecule has 1 saturated heterocycles. The molecule has 11 heteroatoms. The number of aromatic nitrogens is 2. The molecule has 0 radical (unpaired) electrons. The molecule has 1 atom stereocenters. The maximum atomic E-state index is 11.5. The van der Waals surface area contributed by atoms with Crippen molar-refractivity contribution in [1.29, 1.82) is 0 Å². The Morgan fingerprint density at radius 1 is 0.955 bits per heavy atom. The van der Waals surface area contributed by atoms with Gasteiger partial charge in [-0.05, 0) is 24.6 Å². The molecule has 3 heterocycles. The van der Waals surface area contributed by atoms with Crippen LogP contribution in [0.25, 0.3) is 33.6 Å². The maximum absolute atomic E-state index is 11.5. The molecule has 1 aliphatic heterocycles. The number of aliphatic hydroxyl groups is 1. The number of pyridine rings is 2. The van der Waals surface area contributed by atoms with Crippen LogP contribution in [-0.2, 0) is 17.9 Å². The number of benzene rings is 2. The highest BCUT2D eigenvalue weighted by Gasteiger charge is 2.21. The van der Waals surface area contributed by atoms with Crippen molar-refractivity contribution in [2.24, 2.45) is 0 Å². The van der Waals surface area contributed by atoms with Crippen molar-refractivity contribution >= 4 is 29.1 Å². The SMILES string of the molecule is COc1cc(-c2nccc(-c3cccc(-c4ccc(CNC[C@H]5CCC(=O)N5)c(OC)n4)c3Cl)c2Cl)ccc1CNCCO. The number of carbonyl (C=O) groups is 1. The van der Waals surface area contributed by atoms with Crippen LogP contribution >= 0.6 is 23.2 Å². The van der Waals surface area contributed by atoms with Gasteiger partial charge in [0.1, 0.15) is 5.75 Å². The summed E-state index contributed by atoms with van der Waals surface area (Å²) in [6, 6.07) is 17.4. The van der Waals surface area contributed by atoms with Crippen LogP contribution < -0.4 is 25.4 Å². The molecule has 0 spiro atoms. The monoisotopic (exact) mass is 635 g/mol. The van der Waals surface area contributed by atoms with Crippen molar-refractivity contribution in [3.8, 4) is 45.3 Å². The smallest absolute Gasteiger partial charge is 0.220 e. The van der Waals surface area contributed by atoms with Gasteiger partial charge in [-0.25, -0.2) is 4.98 Å². The van der Waals surface area contributed by atoms with Crippen LogP contribution in [0.1, 0.15) is 24.0 Å². The molecule has 230 valence electrons. The summed E-state index contributed by atoms with van der Waals surface area (Å²) >= 11 is 14.0. The van der Waals surface area contributed by atoms with Crippen molar-refractivity contribution in [2.75, 3.05) is 33.9 Å². The molecule has 1 amide bonds. The van der Waals surface area contributed by atoms with E-state index in [-0.39, 0.29) is 18.6 Å². The third-order valence-electron chi connectivity index (χ3n) is 7.54. The van der Waals surface area contributed by atoms with Crippen LogP contribution in [0, 0.1) is 0 Å². The average Bonchev–Trinajstić information content (AvgIpc) is 3.46. The summed E-state index contributed by atoms with van der Waals surface area (Å²) in [5.74, 6) is 1.29. The van der Waals surface area contributed by atoms with Gasteiger partial charge in [-0.1, -0.05) is 59.6 Å². The zero-order valence-electron chi connectivity index (χ0n) is 24.6. The number of ether oxygens (including phenoxy) is 2. The van der Waals surface area contributed by atoms with Crippen LogP contribution in [0.4, 0.5) is 0 Å². The van der Waals surface area contributed by atoms with Crippen LogP contribution in [0.2, 0.25) is 10.0 Å². The molecule has 2 aromatic heterocycles. The van der Waals surface area contributed by atoms with Gasteiger partial charge in [0.25, 0.3) is 0 Å². The summed E-state index contributed by atoms with van der Waals surface area (Å²) in [5, 5.41) is 19.6. The van der Waals surface area contributed by atoms with E-state index in [2.05, 4.69) is 20.9 Å². The quantitative estimate of drug-likeness (QED) is 0.147. The van der Waals surface area contributed by atoms with Crippen molar-refractivity contribution in [3.05, 3.63) is 82.0 Å². The maximum Gasteiger partial charge on any atom is 0.220 e. The first-order valence-corrected chi connectivity index (χ1v) is 15.2. The molecule has 1 fully saturated rings. The van der Waals surface area contributed by atoms with E-state index in [1.165, 1.54) is 0 Å². The predicted octanol–water partition coefficient (Wildman–Crippen LogP) is 5.25. The predicted molar refractivity (Wildman–Crippen MR) is 173 cm³/mol. The topological polar surface area (TPSA) is 118 Å². The van der Waals surface area contributed by atoms with Crippen molar-refractivity contribution in [3.63, 3.8) is 0 Å². The fraction of sp³-hybridized carbons (Fsp3) is 0.303. The number of nitrogens with one attached hydrogen (secondary N) is 3. The molecule has 5 rings (SSSR count). The molecular formula is C33H35Cl2N5O4. The third-order valence-corrected chi connectivity index (χ3v) is 8.33. The first kappa shape index (κ1) is 31.7. The number of nitrogens with zero attached hydrogens (tertiary/aromatic N) is 2. The van der Waals surface area contributed by atoms with Crippen molar-refractivity contribution in [2.45, 2.75) is 32.0 Å². The van der Waals surface area contributed by atoms with E-state index in [0.717, 1.165) is 39.8 Å². The second-order valence-corrected chi connectivity index (χ2v) is 11.2. The zero-order valence-corrected chi connectivity index (χ0v) is 26.1. The van der Waals surface area contributed by atoms with Gasteiger partial charge in [-0.15, -0.1) is 0 Å². The second-order valence-electron chi connectivity index (χ2n) is 10.4. The van der Waals surface area contributed by atoms with Crippen LogP contribution in [0.15, 0.2) is 60.8 Å². The minimum atomic E-state index is 0.0617. The molecule has 0 bridgehead atoms. The van der Waals surface area contributed by atoms with Gasteiger partial charge in [-0.3, -0.25) is 9.78 Å². The Balaban J connectivity index is 1.40. The Morgan fingerprint density at radius 2 is 1.73 bits per heavy atom. The van der Waals surface area contributed by atoms with Crippen LogP contribution in [0.3, 0.4) is 0 Å². The van der Waals surface area contributed by atoms with Crippen LogP contribution in [-0.4, -0.2) is 60.9 Å². The molecule has 4 N–H and O–H groups in total. The van der Waals surface area contributed by atoms with Gasteiger partial charge in [-0.2, -0.15) is 0 Å². The lowest BCUT2D eigenvalue weighted by molar-refractivity contribution is -0.119. The molecule has 0 saturated carbocycles. The van der Waals surface area contributed by atoms with E-state index in [1.807, 2.05) is 54.6 Å². The highest BCUT2D eigenvalue weighted by molar-refractivity contribution is 6.39. The van der Waals surface area contributed by atoms with Gasteiger partial charge in [0.05, 0.1) is 42.3 Å². The Morgan fingerprint density at radius 3 is 2.48 bits per heavy atom.